The van der Waals surface area contributed by atoms with E-state index >= 15 is 0 Å². The van der Waals surface area contributed by atoms with Crippen molar-refractivity contribution in [3.63, 3.8) is 0 Å². The number of amides is 2. The highest BCUT2D eigenvalue weighted by atomic mass is 79.9. The predicted molar refractivity (Wildman–Crippen MR) is 94.0 cm³/mol. The highest BCUT2D eigenvalue weighted by Gasteiger charge is 2.36. The molecule has 1 aliphatic rings. The lowest BCUT2D eigenvalue weighted by Crippen LogP contribution is -2.27. The Morgan fingerprint density at radius 1 is 1.09 bits per heavy atom. The van der Waals surface area contributed by atoms with Gasteiger partial charge in [0.15, 0.2) is 0 Å². The van der Waals surface area contributed by atoms with Crippen LogP contribution in [0, 0.1) is 0 Å². The van der Waals surface area contributed by atoms with Gasteiger partial charge in [0.2, 0.25) is 0 Å². The van der Waals surface area contributed by atoms with Crippen LogP contribution >= 0.6 is 39.3 Å². The fourth-order valence-corrected chi connectivity index (χ4v) is 3.31. The molecular formula is C16H9BrClNO2S. The molecule has 0 N–H and O–H groups in total. The number of rotatable bonds is 2. The number of imide groups is 1. The highest BCUT2D eigenvalue weighted by Crippen LogP contribution is 2.36. The summed E-state index contributed by atoms with van der Waals surface area (Å²) < 4.78 is 0.955. The molecule has 1 heterocycles. The van der Waals surface area contributed by atoms with Gasteiger partial charge in [0.05, 0.1) is 10.6 Å². The number of halogens is 2. The first-order chi connectivity index (χ1) is 10.5. The largest absolute Gasteiger partial charge is 0.298 e. The average Bonchev–Trinajstić information content (AvgIpc) is 2.76. The van der Waals surface area contributed by atoms with Gasteiger partial charge in [-0.25, -0.2) is 4.90 Å². The SMILES string of the molecule is O=C1S/C(=C\c2ccc(Br)cc2)C(=O)N1c1cccc(Cl)c1. The summed E-state index contributed by atoms with van der Waals surface area (Å²) in [6, 6.07) is 14.2. The van der Waals surface area contributed by atoms with Crippen molar-refractivity contribution in [2.45, 2.75) is 0 Å². The van der Waals surface area contributed by atoms with Crippen molar-refractivity contribution < 1.29 is 9.59 Å². The van der Waals surface area contributed by atoms with Gasteiger partial charge in [-0.15, -0.1) is 0 Å². The fraction of sp³-hybridized carbons (Fsp3) is 0. The Balaban J connectivity index is 1.93. The van der Waals surface area contributed by atoms with Crippen molar-refractivity contribution in [1.29, 1.82) is 0 Å². The number of benzene rings is 2. The van der Waals surface area contributed by atoms with E-state index in [1.165, 1.54) is 0 Å². The minimum absolute atomic E-state index is 0.323. The Morgan fingerprint density at radius 3 is 2.50 bits per heavy atom. The van der Waals surface area contributed by atoms with Crippen molar-refractivity contribution in [1.82, 2.24) is 0 Å². The first-order valence-corrected chi connectivity index (χ1v) is 8.32. The third-order valence-corrected chi connectivity index (χ3v) is 4.66. The number of anilines is 1. The number of carbonyl (C=O) groups excluding carboxylic acids is 2. The molecule has 0 spiro atoms. The van der Waals surface area contributed by atoms with Gasteiger partial charge in [-0.1, -0.05) is 45.7 Å². The van der Waals surface area contributed by atoms with E-state index in [0.29, 0.717) is 15.6 Å². The van der Waals surface area contributed by atoms with E-state index in [1.54, 1.807) is 30.3 Å². The van der Waals surface area contributed by atoms with Crippen LogP contribution in [0.1, 0.15) is 5.56 Å². The Bertz CT molecular complexity index is 789. The van der Waals surface area contributed by atoms with Crippen LogP contribution in [0.2, 0.25) is 5.02 Å². The summed E-state index contributed by atoms with van der Waals surface area (Å²) in [5, 5.41) is 0.157. The molecule has 3 rings (SSSR count). The number of carbonyl (C=O) groups is 2. The molecule has 3 nitrogen and oxygen atoms in total. The van der Waals surface area contributed by atoms with Gasteiger partial charge >= 0.3 is 0 Å². The van der Waals surface area contributed by atoms with Crippen LogP contribution in [0.4, 0.5) is 10.5 Å². The first-order valence-electron chi connectivity index (χ1n) is 6.34. The summed E-state index contributed by atoms with van der Waals surface area (Å²) in [6.45, 7) is 0. The molecule has 6 heteroatoms. The molecule has 110 valence electrons. The van der Waals surface area contributed by atoms with E-state index in [1.807, 2.05) is 24.3 Å². The van der Waals surface area contributed by atoms with Gasteiger partial charge in [-0.3, -0.25) is 9.59 Å². The van der Waals surface area contributed by atoms with E-state index in [0.717, 1.165) is 26.7 Å². The van der Waals surface area contributed by atoms with E-state index in [9.17, 15) is 9.59 Å². The summed E-state index contributed by atoms with van der Waals surface area (Å²) in [5.41, 5.74) is 1.34. The first kappa shape index (κ1) is 15.3. The zero-order valence-electron chi connectivity index (χ0n) is 11.1. The Labute approximate surface area is 145 Å². The van der Waals surface area contributed by atoms with Crippen LogP contribution in [0.25, 0.3) is 6.08 Å². The van der Waals surface area contributed by atoms with E-state index in [4.69, 9.17) is 11.6 Å². The molecule has 0 bridgehead atoms. The lowest BCUT2D eigenvalue weighted by Gasteiger charge is -2.12. The van der Waals surface area contributed by atoms with Crippen LogP contribution < -0.4 is 4.90 Å². The maximum Gasteiger partial charge on any atom is 0.298 e. The second-order valence-electron chi connectivity index (χ2n) is 4.55. The monoisotopic (exact) mass is 393 g/mol. The summed E-state index contributed by atoms with van der Waals surface area (Å²) >= 11 is 10.2. The van der Waals surface area contributed by atoms with Crippen LogP contribution in [0.3, 0.4) is 0 Å². The van der Waals surface area contributed by atoms with Crippen molar-refractivity contribution in [2.75, 3.05) is 4.90 Å². The Morgan fingerprint density at radius 2 is 1.82 bits per heavy atom. The third kappa shape index (κ3) is 3.11. The summed E-state index contributed by atoms with van der Waals surface area (Å²) in [6.07, 6.45) is 1.71. The molecule has 0 saturated carbocycles. The van der Waals surface area contributed by atoms with Crippen molar-refractivity contribution >= 4 is 62.2 Å². The predicted octanol–water partition coefficient (Wildman–Crippen LogP) is 5.34. The molecular weight excluding hydrogens is 386 g/mol. The van der Waals surface area contributed by atoms with E-state index < -0.39 is 0 Å². The Kier molecular flexibility index (Phi) is 4.38. The highest BCUT2D eigenvalue weighted by molar-refractivity contribution is 9.10. The van der Waals surface area contributed by atoms with Gasteiger partial charge in [0, 0.05) is 9.50 Å². The van der Waals surface area contributed by atoms with Crippen LogP contribution in [0.5, 0.6) is 0 Å². The Hall–Kier alpha value is -1.56. The number of nitrogens with zero attached hydrogens (tertiary/aromatic N) is 1. The van der Waals surface area contributed by atoms with Gasteiger partial charge in [0.1, 0.15) is 0 Å². The molecule has 2 aromatic rings. The minimum Gasteiger partial charge on any atom is -0.268 e. The number of thioether (sulfide) groups is 1. The molecule has 1 saturated heterocycles. The zero-order chi connectivity index (χ0) is 15.7. The maximum absolute atomic E-state index is 12.5. The number of hydrogen-bond acceptors (Lipinski definition) is 3. The minimum atomic E-state index is -0.333. The molecule has 2 aromatic carbocycles. The van der Waals surface area contributed by atoms with Crippen LogP contribution in [-0.4, -0.2) is 11.1 Å². The maximum atomic E-state index is 12.5. The van der Waals surface area contributed by atoms with Crippen LogP contribution in [-0.2, 0) is 4.79 Å². The summed E-state index contributed by atoms with van der Waals surface area (Å²) in [5.74, 6) is -0.333. The molecule has 1 aliphatic heterocycles. The topological polar surface area (TPSA) is 37.4 Å². The van der Waals surface area contributed by atoms with E-state index in [2.05, 4.69) is 15.9 Å². The standard InChI is InChI=1S/C16H9BrClNO2S/c17-11-6-4-10(5-7-11)8-14-15(20)19(16(21)22-14)13-3-1-2-12(18)9-13/h1-9H/b14-8-. The van der Waals surface area contributed by atoms with Crippen molar-refractivity contribution in [3.05, 3.63) is 68.5 Å². The second-order valence-corrected chi connectivity index (χ2v) is 6.89. The normalized spacial score (nSPS) is 16.6. The van der Waals surface area contributed by atoms with Gasteiger partial charge in [-0.2, -0.15) is 0 Å². The number of hydrogen-bond donors (Lipinski definition) is 0. The smallest absolute Gasteiger partial charge is 0.268 e. The lowest BCUT2D eigenvalue weighted by molar-refractivity contribution is -0.113. The zero-order valence-corrected chi connectivity index (χ0v) is 14.3. The summed E-state index contributed by atoms with van der Waals surface area (Å²) in [4.78, 5) is 26.1. The molecule has 0 atom stereocenters. The summed E-state index contributed by atoms with van der Waals surface area (Å²) in [7, 11) is 0. The van der Waals surface area contributed by atoms with Gasteiger partial charge in [0.25, 0.3) is 11.1 Å². The molecule has 2 amide bonds. The van der Waals surface area contributed by atoms with Crippen molar-refractivity contribution in [3.8, 4) is 0 Å². The molecule has 1 fully saturated rings. The molecule has 0 radical (unpaired) electrons. The molecule has 22 heavy (non-hydrogen) atoms. The van der Waals surface area contributed by atoms with Gasteiger partial charge in [-0.05, 0) is 53.7 Å². The lowest BCUT2D eigenvalue weighted by atomic mass is 10.2. The van der Waals surface area contributed by atoms with Crippen LogP contribution in [0.15, 0.2) is 57.9 Å². The molecule has 0 unspecified atom stereocenters. The van der Waals surface area contributed by atoms with Gasteiger partial charge < -0.3 is 0 Å². The second kappa shape index (κ2) is 6.28. The fourth-order valence-electron chi connectivity index (χ4n) is 2.02. The third-order valence-electron chi connectivity index (χ3n) is 3.03. The van der Waals surface area contributed by atoms with Crippen molar-refractivity contribution in [2.24, 2.45) is 0 Å². The molecule has 0 aromatic heterocycles. The molecule has 0 aliphatic carbocycles. The quantitative estimate of drug-likeness (QED) is 0.645. The van der Waals surface area contributed by atoms with E-state index in [-0.39, 0.29) is 11.1 Å². The average molecular weight is 395 g/mol.